The third-order valence-electron chi connectivity index (χ3n) is 2.61. The van der Waals surface area contributed by atoms with E-state index in [1.807, 2.05) is 13.8 Å². The van der Waals surface area contributed by atoms with E-state index in [1.165, 1.54) is 0 Å². The van der Waals surface area contributed by atoms with Crippen molar-refractivity contribution in [2.45, 2.75) is 32.5 Å². The molecular formula is C14H19ClN2O5. The van der Waals surface area contributed by atoms with Crippen LogP contribution in [0, 0.1) is 0 Å². The van der Waals surface area contributed by atoms with Gasteiger partial charge in [0.15, 0.2) is 5.60 Å². The molecule has 1 aromatic carbocycles. The second-order valence-electron chi connectivity index (χ2n) is 5.19. The minimum atomic E-state index is -2.05. The molecule has 8 heteroatoms. The van der Waals surface area contributed by atoms with Gasteiger partial charge in [-0.05, 0) is 32.9 Å². The van der Waals surface area contributed by atoms with Crippen LogP contribution in [0.5, 0.6) is 5.75 Å². The molecule has 0 saturated carbocycles. The van der Waals surface area contributed by atoms with E-state index in [4.69, 9.17) is 21.4 Å². The van der Waals surface area contributed by atoms with Crippen LogP contribution in [-0.2, 0) is 4.79 Å². The molecule has 7 nitrogen and oxygen atoms in total. The number of anilines is 1. The first-order valence-corrected chi connectivity index (χ1v) is 6.96. The van der Waals surface area contributed by atoms with Crippen LogP contribution >= 0.6 is 11.6 Å². The Morgan fingerprint density at radius 1 is 1.41 bits per heavy atom. The Kier molecular flexibility index (Phi) is 6.01. The van der Waals surface area contributed by atoms with Crippen molar-refractivity contribution in [2.24, 2.45) is 0 Å². The number of halogens is 1. The van der Waals surface area contributed by atoms with E-state index in [1.54, 1.807) is 18.2 Å². The predicted octanol–water partition coefficient (Wildman–Crippen LogP) is 2.08. The standard InChI is InChI=1S/C14H19ClN2O5/c1-8(2)22-9-4-5-11(10(15)6-9)17-13(20)16-7-14(3,21)12(18)19/h4-6,8,21H,7H2,1-3H3,(H,18,19)(H2,16,17,20). The van der Waals surface area contributed by atoms with Crippen molar-refractivity contribution < 1.29 is 24.5 Å². The lowest BCUT2D eigenvalue weighted by molar-refractivity contribution is -0.155. The van der Waals surface area contributed by atoms with Gasteiger partial charge in [0.05, 0.1) is 23.4 Å². The molecule has 0 radical (unpaired) electrons. The quantitative estimate of drug-likeness (QED) is 0.638. The number of carbonyl (C=O) groups excluding carboxylic acids is 1. The zero-order valence-corrected chi connectivity index (χ0v) is 13.3. The number of urea groups is 1. The summed E-state index contributed by atoms with van der Waals surface area (Å²) in [5.74, 6) is -0.860. The zero-order chi connectivity index (χ0) is 16.9. The topological polar surface area (TPSA) is 108 Å². The number of rotatable bonds is 6. The number of carboxylic acids is 1. The number of nitrogens with one attached hydrogen (secondary N) is 2. The van der Waals surface area contributed by atoms with E-state index >= 15 is 0 Å². The Balaban J connectivity index is 2.63. The highest BCUT2D eigenvalue weighted by atomic mass is 35.5. The van der Waals surface area contributed by atoms with Crippen molar-refractivity contribution in [2.75, 3.05) is 11.9 Å². The van der Waals surface area contributed by atoms with Crippen LogP contribution in [0.15, 0.2) is 18.2 Å². The maximum atomic E-state index is 11.7. The molecule has 0 spiro atoms. The first-order chi connectivity index (χ1) is 10.1. The molecule has 122 valence electrons. The summed E-state index contributed by atoms with van der Waals surface area (Å²) in [5, 5.41) is 23.2. The molecule has 0 aromatic heterocycles. The second kappa shape index (κ2) is 7.33. The summed E-state index contributed by atoms with van der Waals surface area (Å²) < 4.78 is 5.46. The van der Waals surface area contributed by atoms with Crippen LogP contribution in [0.1, 0.15) is 20.8 Å². The highest BCUT2D eigenvalue weighted by Gasteiger charge is 2.30. The van der Waals surface area contributed by atoms with Crippen LogP contribution in [0.25, 0.3) is 0 Å². The van der Waals surface area contributed by atoms with Crippen LogP contribution in [0.2, 0.25) is 5.02 Å². The highest BCUT2D eigenvalue weighted by Crippen LogP contribution is 2.27. The molecule has 2 amide bonds. The molecule has 1 unspecified atom stereocenters. The lowest BCUT2D eigenvalue weighted by Gasteiger charge is -2.18. The average molecular weight is 331 g/mol. The number of ether oxygens (including phenoxy) is 1. The van der Waals surface area contributed by atoms with Gasteiger partial charge in [-0.3, -0.25) is 0 Å². The third-order valence-corrected chi connectivity index (χ3v) is 2.93. The van der Waals surface area contributed by atoms with Crippen molar-refractivity contribution in [1.82, 2.24) is 5.32 Å². The smallest absolute Gasteiger partial charge is 0.337 e. The van der Waals surface area contributed by atoms with E-state index < -0.39 is 24.1 Å². The first kappa shape index (κ1) is 18.1. The van der Waals surface area contributed by atoms with Gasteiger partial charge in [0.1, 0.15) is 5.75 Å². The summed E-state index contributed by atoms with van der Waals surface area (Å²) in [4.78, 5) is 22.4. The minimum absolute atomic E-state index is 0.00331. The van der Waals surface area contributed by atoms with E-state index in [2.05, 4.69) is 10.6 Å². The fourth-order valence-electron chi connectivity index (χ4n) is 1.44. The molecule has 0 bridgehead atoms. The van der Waals surface area contributed by atoms with E-state index in [-0.39, 0.29) is 11.1 Å². The summed E-state index contributed by atoms with van der Waals surface area (Å²) in [7, 11) is 0. The number of hydrogen-bond donors (Lipinski definition) is 4. The van der Waals surface area contributed by atoms with Gasteiger partial charge < -0.3 is 25.6 Å². The number of aliphatic hydroxyl groups is 1. The summed E-state index contributed by atoms with van der Waals surface area (Å²) in [6, 6.07) is 4.09. The van der Waals surface area contributed by atoms with Crippen LogP contribution in [-0.4, -0.2) is 40.5 Å². The van der Waals surface area contributed by atoms with Crippen LogP contribution < -0.4 is 15.4 Å². The molecule has 0 aliphatic heterocycles. The minimum Gasteiger partial charge on any atom is -0.491 e. The molecule has 0 saturated heterocycles. The Morgan fingerprint density at radius 2 is 2.05 bits per heavy atom. The zero-order valence-electron chi connectivity index (χ0n) is 12.5. The van der Waals surface area contributed by atoms with E-state index in [0.29, 0.717) is 11.4 Å². The lowest BCUT2D eigenvalue weighted by atomic mass is 10.1. The number of aliphatic carboxylic acids is 1. The maximum absolute atomic E-state index is 11.7. The Labute approximate surface area is 133 Å². The van der Waals surface area contributed by atoms with Crippen LogP contribution in [0.4, 0.5) is 10.5 Å². The van der Waals surface area contributed by atoms with Crippen molar-refractivity contribution in [3.8, 4) is 5.75 Å². The molecule has 0 fully saturated rings. The van der Waals surface area contributed by atoms with Gasteiger partial charge in [0.2, 0.25) is 0 Å². The summed E-state index contributed by atoms with van der Waals surface area (Å²) >= 11 is 6.03. The molecule has 0 heterocycles. The summed E-state index contributed by atoms with van der Waals surface area (Å²) in [5.41, 5.74) is -1.71. The van der Waals surface area contributed by atoms with E-state index in [9.17, 15) is 14.7 Å². The van der Waals surface area contributed by atoms with Crippen LogP contribution in [0.3, 0.4) is 0 Å². The van der Waals surface area contributed by atoms with E-state index in [0.717, 1.165) is 6.92 Å². The molecule has 22 heavy (non-hydrogen) atoms. The Bertz CT molecular complexity index is 560. The van der Waals surface area contributed by atoms with Crippen molar-refractivity contribution in [3.63, 3.8) is 0 Å². The predicted molar refractivity (Wildman–Crippen MR) is 82.5 cm³/mol. The van der Waals surface area contributed by atoms with Gasteiger partial charge in [0.25, 0.3) is 0 Å². The Morgan fingerprint density at radius 3 is 2.55 bits per heavy atom. The largest absolute Gasteiger partial charge is 0.491 e. The number of carboxylic acid groups (broad SMARTS) is 1. The Hall–Kier alpha value is -1.99. The molecule has 0 aliphatic rings. The molecular weight excluding hydrogens is 312 g/mol. The molecule has 0 aliphatic carbocycles. The molecule has 1 rings (SSSR count). The first-order valence-electron chi connectivity index (χ1n) is 6.58. The molecule has 1 aromatic rings. The number of benzene rings is 1. The van der Waals surface area contributed by atoms with Gasteiger partial charge in [-0.2, -0.15) is 0 Å². The van der Waals surface area contributed by atoms with Crippen molar-refractivity contribution in [3.05, 3.63) is 23.2 Å². The average Bonchev–Trinajstić information content (AvgIpc) is 2.39. The monoisotopic (exact) mass is 330 g/mol. The summed E-state index contributed by atoms with van der Waals surface area (Å²) in [6.07, 6.45) is -0.00331. The molecule has 4 N–H and O–H groups in total. The fourth-order valence-corrected chi connectivity index (χ4v) is 1.65. The number of amides is 2. The molecule has 1 atom stereocenters. The lowest BCUT2D eigenvalue weighted by Crippen LogP contribution is -2.47. The second-order valence-corrected chi connectivity index (χ2v) is 5.60. The van der Waals surface area contributed by atoms with Gasteiger partial charge in [-0.25, -0.2) is 9.59 Å². The van der Waals surface area contributed by atoms with Crippen molar-refractivity contribution >= 4 is 29.3 Å². The van der Waals surface area contributed by atoms with Gasteiger partial charge >= 0.3 is 12.0 Å². The SMILES string of the molecule is CC(C)Oc1ccc(NC(=O)NCC(C)(O)C(=O)O)c(Cl)c1. The third kappa shape index (κ3) is 5.42. The van der Waals surface area contributed by atoms with Crippen molar-refractivity contribution in [1.29, 1.82) is 0 Å². The number of carbonyl (C=O) groups is 2. The van der Waals surface area contributed by atoms with Gasteiger partial charge in [-0.15, -0.1) is 0 Å². The maximum Gasteiger partial charge on any atom is 0.337 e. The fraction of sp³-hybridized carbons (Fsp3) is 0.429. The number of hydrogen-bond acceptors (Lipinski definition) is 4. The van der Waals surface area contributed by atoms with Gasteiger partial charge in [0, 0.05) is 6.07 Å². The van der Waals surface area contributed by atoms with Gasteiger partial charge in [-0.1, -0.05) is 11.6 Å². The summed E-state index contributed by atoms with van der Waals surface area (Å²) in [6.45, 7) is 4.39. The normalized spacial score (nSPS) is 13.4. The highest BCUT2D eigenvalue weighted by molar-refractivity contribution is 6.33.